The highest BCUT2D eigenvalue weighted by Crippen LogP contribution is 2.20. The highest BCUT2D eigenvalue weighted by atomic mass is 32.1. The van der Waals surface area contributed by atoms with Gasteiger partial charge in [-0.1, -0.05) is 24.8 Å². The molecule has 0 bridgehead atoms. The molecule has 2 rings (SSSR count). The Labute approximate surface area is 165 Å². The molecule has 27 heavy (non-hydrogen) atoms. The zero-order chi connectivity index (χ0) is 19.8. The van der Waals surface area contributed by atoms with Crippen LogP contribution in [0.3, 0.4) is 0 Å². The van der Waals surface area contributed by atoms with Crippen LogP contribution >= 0.6 is 12.2 Å². The number of carbonyl (C=O) groups is 1. The molecule has 0 aromatic heterocycles. The van der Waals surface area contributed by atoms with E-state index in [9.17, 15) is 4.79 Å². The summed E-state index contributed by atoms with van der Waals surface area (Å²) >= 11 is 5.25. The molecular weight excluding hydrogens is 360 g/mol. The molecule has 5 nitrogen and oxygen atoms in total. The number of thiocarbonyl (C=S) groups is 1. The van der Waals surface area contributed by atoms with E-state index in [0.717, 1.165) is 5.57 Å². The van der Waals surface area contributed by atoms with Crippen molar-refractivity contribution in [1.82, 2.24) is 5.32 Å². The van der Waals surface area contributed by atoms with Gasteiger partial charge in [-0.05, 0) is 62.8 Å². The zero-order valence-electron chi connectivity index (χ0n) is 15.7. The summed E-state index contributed by atoms with van der Waals surface area (Å²) in [6.07, 6.45) is -0.0361. The molecule has 0 radical (unpaired) electrons. The van der Waals surface area contributed by atoms with Gasteiger partial charge in [0.05, 0.1) is 11.7 Å². The molecule has 2 aromatic carbocycles. The summed E-state index contributed by atoms with van der Waals surface area (Å²) in [7, 11) is 0. The predicted molar refractivity (Wildman–Crippen MR) is 113 cm³/mol. The maximum Gasteiger partial charge on any atom is 0.261 e. The summed E-state index contributed by atoms with van der Waals surface area (Å²) in [4.78, 5) is 12.5. The first kappa shape index (κ1) is 20.5. The average molecular weight is 385 g/mol. The minimum absolute atomic E-state index is 0.0361. The summed E-state index contributed by atoms with van der Waals surface area (Å²) in [6.45, 7) is 9.96. The first-order valence-electron chi connectivity index (χ1n) is 8.60. The van der Waals surface area contributed by atoms with Crippen LogP contribution in [0, 0.1) is 0 Å². The van der Waals surface area contributed by atoms with Crippen molar-refractivity contribution in [3.05, 3.63) is 66.2 Å². The van der Waals surface area contributed by atoms with Crippen molar-refractivity contribution < 1.29 is 14.3 Å². The monoisotopic (exact) mass is 384 g/mol. The number of rotatable bonds is 7. The molecule has 2 N–H and O–H groups in total. The van der Waals surface area contributed by atoms with Crippen molar-refractivity contribution in [3.63, 3.8) is 0 Å². The van der Waals surface area contributed by atoms with Crippen LogP contribution in [-0.4, -0.2) is 23.7 Å². The fourth-order valence-electron chi connectivity index (χ4n) is 2.21. The molecule has 0 heterocycles. The molecule has 0 unspecified atom stereocenters. The SMILES string of the molecule is C=C(C)COc1cccc(NC(=S)NC(=O)c2ccccc2OC(C)C)c1. The van der Waals surface area contributed by atoms with Crippen LogP contribution in [0.25, 0.3) is 0 Å². The molecule has 0 aliphatic carbocycles. The van der Waals surface area contributed by atoms with E-state index in [4.69, 9.17) is 21.7 Å². The molecule has 0 atom stereocenters. The van der Waals surface area contributed by atoms with Crippen molar-refractivity contribution in [2.24, 2.45) is 0 Å². The van der Waals surface area contributed by atoms with Crippen molar-refractivity contribution in [3.8, 4) is 11.5 Å². The third-order valence-corrected chi connectivity index (χ3v) is 3.50. The number of anilines is 1. The number of para-hydroxylation sites is 1. The normalized spacial score (nSPS) is 10.2. The summed E-state index contributed by atoms with van der Waals surface area (Å²) in [5.41, 5.74) is 2.07. The van der Waals surface area contributed by atoms with Gasteiger partial charge in [0.15, 0.2) is 5.11 Å². The molecule has 0 spiro atoms. The number of benzene rings is 2. The Morgan fingerprint density at radius 1 is 1.19 bits per heavy atom. The molecule has 6 heteroatoms. The third kappa shape index (κ3) is 6.75. The van der Waals surface area contributed by atoms with Gasteiger partial charge in [0.1, 0.15) is 18.1 Å². The van der Waals surface area contributed by atoms with Crippen LogP contribution in [0.1, 0.15) is 31.1 Å². The lowest BCUT2D eigenvalue weighted by atomic mass is 10.2. The van der Waals surface area contributed by atoms with Crippen LogP contribution < -0.4 is 20.1 Å². The zero-order valence-corrected chi connectivity index (χ0v) is 16.6. The van der Waals surface area contributed by atoms with Crippen LogP contribution in [0.15, 0.2) is 60.7 Å². The number of carbonyl (C=O) groups excluding carboxylic acids is 1. The maximum absolute atomic E-state index is 12.5. The number of hydrogen-bond donors (Lipinski definition) is 2. The average Bonchev–Trinajstić information content (AvgIpc) is 2.60. The van der Waals surface area contributed by atoms with Gasteiger partial charge in [-0.15, -0.1) is 0 Å². The number of hydrogen-bond acceptors (Lipinski definition) is 4. The fraction of sp³-hybridized carbons (Fsp3) is 0.238. The lowest BCUT2D eigenvalue weighted by Gasteiger charge is -2.15. The van der Waals surface area contributed by atoms with E-state index in [1.54, 1.807) is 24.3 Å². The first-order valence-corrected chi connectivity index (χ1v) is 9.01. The van der Waals surface area contributed by atoms with Gasteiger partial charge in [0.2, 0.25) is 0 Å². The van der Waals surface area contributed by atoms with E-state index in [0.29, 0.717) is 29.4 Å². The smallest absolute Gasteiger partial charge is 0.261 e. The van der Waals surface area contributed by atoms with Crippen LogP contribution in [-0.2, 0) is 0 Å². The van der Waals surface area contributed by atoms with E-state index in [2.05, 4.69) is 17.2 Å². The van der Waals surface area contributed by atoms with Crippen molar-refractivity contribution in [2.75, 3.05) is 11.9 Å². The van der Waals surface area contributed by atoms with Crippen molar-refractivity contribution in [2.45, 2.75) is 26.9 Å². The minimum atomic E-state index is -0.335. The van der Waals surface area contributed by atoms with E-state index < -0.39 is 0 Å². The second-order valence-corrected chi connectivity index (χ2v) is 6.75. The molecule has 0 aliphatic heterocycles. The lowest BCUT2D eigenvalue weighted by molar-refractivity contribution is 0.0972. The van der Waals surface area contributed by atoms with E-state index in [-0.39, 0.29) is 17.1 Å². The summed E-state index contributed by atoms with van der Waals surface area (Å²) < 4.78 is 11.3. The second kappa shape index (κ2) is 9.73. The molecule has 1 amide bonds. The Hall–Kier alpha value is -2.86. The largest absolute Gasteiger partial charge is 0.490 e. The standard InChI is InChI=1S/C21H24N2O3S/c1-14(2)13-25-17-9-7-8-16(12-17)22-21(27)23-20(24)18-10-5-6-11-19(18)26-15(3)4/h5-12,15H,1,13H2,2-4H3,(H2,22,23,24,27). The van der Waals surface area contributed by atoms with Gasteiger partial charge in [0.25, 0.3) is 5.91 Å². The predicted octanol–water partition coefficient (Wildman–Crippen LogP) is 4.56. The summed E-state index contributed by atoms with van der Waals surface area (Å²) in [5, 5.41) is 5.85. The Balaban J connectivity index is 2.01. The van der Waals surface area contributed by atoms with Gasteiger partial charge in [-0.25, -0.2) is 0 Å². The van der Waals surface area contributed by atoms with Crippen molar-refractivity contribution in [1.29, 1.82) is 0 Å². The highest BCUT2D eigenvalue weighted by Gasteiger charge is 2.14. The lowest BCUT2D eigenvalue weighted by Crippen LogP contribution is -2.34. The molecule has 0 aliphatic rings. The first-order chi connectivity index (χ1) is 12.8. The Kier molecular flexibility index (Phi) is 7.37. The van der Waals surface area contributed by atoms with Gasteiger partial charge in [-0.3, -0.25) is 10.1 Å². The highest BCUT2D eigenvalue weighted by molar-refractivity contribution is 7.80. The molecule has 0 saturated carbocycles. The Morgan fingerprint density at radius 3 is 2.63 bits per heavy atom. The Morgan fingerprint density at radius 2 is 1.93 bits per heavy atom. The molecule has 142 valence electrons. The van der Waals surface area contributed by atoms with E-state index in [1.807, 2.05) is 45.0 Å². The molecular formula is C21H24N2O3S. The summed E-state index contributed by atoms with van der Waals surface area (Å²) in [6, 6.07) is 14.4. The van der Waals surface area contributed by atoms with E-state index in [1.165, 1.54) is 0 Å². The fourth-order valence-corrected chi connectivity index (χ4v) is 2.42. The van der Waals surface area contributed by atoms with Gasteiger partial charge < -0.3 is 14.8 Å². The maximum atomic E-state index is 12.5. The number of ether oxygens (including phenoxy) is 2. The van der Waals surface area contributed by atoms with Gasteiger partial charge in [-0.2, -0.15) is 0 Å². The quantitative estimate of drug-likeness (QED) is 0.541. The van der Waals surface area contributed by atoms with Crippen LogP contribution in [0.2, 0.25) is 0 Å². The topological polar surface area (TPSA) is 59.6 Å². The third-order valence-electron chi connectivity index (χ3n) is 3.30. The van der Waals surface area contributed by atoms with Gasteiger partial charge in [0, 0.05) is 11.8 Å². The summed E-state index contributed by atoms with van der Waals surface area (Å²) in [5.74, 6) is 0.870. The second-order valence-electron chi connectivity index (χ2n) is 6.34. The number of nitrogens with one attached hydrogen (secondary N) is 2. The van der Waals surface area contributed by atoms with Gasteiger partial charge >= 0.3 is 0 Å². The van der Waals surface area contributed by atoms with Crippen LogP contribution in [0.4, 0.5) is 5.69 Å². The Bertz CT molecular complexity index is 834. The van der Waals surface area contributed by atoms with Crippen molar-refractivity contribution >= 4 is 28.9 Å². The molecule has 0 saturated heterocycles. The molecule has 0 fully saturated rings. The van der Waals surface area contributed by atoms with E-state index >= 15 is 0 Å². The molecule has 2 aromatic rings. The minimum Gasteiger partial charge on any atom is -0.490 e. The number of amides is 1. The van der Waals surface area contributed by atoms with Crippen LogP contribution in [0.5, 0.6) is 11.5 Å².